The van der Waals surface area contributed by atoms with Gasteiger partial charge in [-0.25, -0.2) is 18.5 Å². The Balaban J connectivity index is 2.89. The number of esters is 2. The summed E-state index contributed by atoms with van der Waals surface area (Å²) < 4.78 is 64.2. The van der Waals surface area contributed by atoms with Gasteiger partial charge in [0.2, 0.25) is 0 Å². The molecule has 0 radical (unpaired) electrons. The number of hydrogen-bond donors (Lipinski definition) is 8. The van der Waals surface area contributed by atoms with Crippen LogP contribution in [0.3, 0.4) is 0 Å². The normalized spacial score (nSPS) is 22.4. The monoisotopic (exact) mass is 856 g/mol. The molecule has 8 atom stereocenters. The van der Waals surface area contributed by atoms with Gasteiger partial charge in [-0.2, -0.15) is 0 Å². The SMILES string of the molecule is C#CC#CC#CC#CC(=O)OC[C@H](COP(=O)(O)OC1C(O)[C@H](O)[C@@H](OP(=O)(O)O)C(OP(=O)(O)O)[C@@H]1O)OC(=O)CCCCCCCCCCCCCCC. The van der Waals surface area contributed by atoms with Crippen LogP contribution in [0.1, 0.15) is 96.8 Å². The number of terminal acetylenes is 1. The van der Waals surface area contributed by atoms with E-state index in [1.54, 1.807) is 0 Å². The molecule has 0 aromatic carbocycles. The van der Waals surface area contributed by atoms with Crippen molar-refractivity contribution in [3.8, 4) is 47.9 Å². The van der Waals surface area contributed by atoms with Crippen molar-refractivity contribution in [1.29, 1.82) is 0 Å². The first-order valence-electron chi connectivity index (χ1n) is 17.8. The summed E-state index contributed by atoms with van der Waals surface area (Å²) >= 11 is 0. The van der Waals surface area contributed by atoms with E-state index in [9.17, 15) is 53.3 Å². The van der Waals surface area contributed by atoms with Gasteiger partial charge in [0.15, 0.2) is 6.10 Å². The third-order valence-electron chi connectivity index (χ3n) is 7.89. The summed E-state index contributed by atoms with van der Waals surface area (Å²) in [4.78, 5) is 71.9. The highest BCUT2D eigenvalue weighted by Crippen LogP contribution is 2.51. The zero-order valence-electron chi connectivity index (χ0n) is 30.8. The van der Waals surface area contributed by atoms with Crippen molar-refractivity contribution in [2.75, 3.05) is 13.2 Å². The fourth-order valence-electron chi connectivity index (χ4n) is 5.28. The number of phosphoric ester groups is 3. The van der Waals surface area contributed by atoms with E-state index in [-0.39, 0.29) is 6.42 Å². The predicted molar refractivity (Wildman–Crippen MR) is 196 cm³/mol. The fourth-order valence-corrected chi connectivity index (χ4v) is 7.38. The molecule has 0 bridgehead atoms. The topological polar surface area (TPSA) is 303 Å². The van der Waals surface area contributed by atoms with Crippen LogP contribution in [0.2, 0.25) is 0 Å². The lowest BCUT2D eigenvalue weighted by atomic mass is 9.85. The van der Waals surface area contributed by atoms with E-state index in [0.29, 0.717) is 6.42 Å². The zero-order chi connectivity index (χ0) is 42.2. The molecular weight excluding hydrogens is 805 g/mol. The minimum absolute atomic E-state index is 0.0687. The highest BCUT2D eigenvalue weighted by atomic mass is 31.2. The molecule has 22 heteroatoms. The van der Waals surface area contributed by atoms with E-state index < -0.39 is 91.3 Å². The lowest BCUT2D eigenvalue weighted by Crippen LogP contribution is -2.65. The standard InChI is InChI=1S/C34H51O19P3/c1-3-5-7-9-11-12-13-14-15-16-17-19-21-23-28(36)50-26(24-48-27(35)22-20-18-10-8-6-4-2)25-49-56(46,47)53-32-29(37)30(38)33(51-54(40,41)42)34(31(32)39)52-55(43,44)45/h2,26,29-34,37-39H,3,5,7,9,11-17,19,21,23-25H2,1H3,(H,46,47)(H2,40,41,42)(H2,43,44,45)/t26-,29?,30+,31-,32?,33-,34?/m1/s1. The maximum Gasteiger partial charge on any atom is 0.472 e. The van der Waals surface area contributed by atoms with Gasteiger partial charge in [-0.15, -0.1) is 6.42 Å². The Morgan fingerprint density at radius 1 is 0.625 bits per heavy atom. The molecule has 8 N–H and O–H groups in total. The number of phosphoric acid groups is 3. The predicted octanol–water partition coefficient (Wildman–Crippen LogP) is 2.12. The molecule has 316 valence electrons. The Bertz CT molecular complexity index is 1600. The van der Waals surface area contributed by atoms with E-state index in [0.717, 1.165) is 32.1 Å². The second kappa shape index (κ2) is 27.1. The third kappa shape index (κ3) is 23.6. The van der Waals surface area contributed by atoms with Gasteiger partial charge in [-0.1, -0.05) is 84.0 Å². The molecule has 0 heterocycles. The minimum Gasteiger partial charge on any atom is -0.456 e. The third-order valence-corrected chi connectivity index (χ3v) is 9.91. The van der Waals surface area contributed by atoms with E-state index in [4.69, 9.17) is 34.7 Å². The number of carbonyl (C=O) groups is 2. The van der Waals surface area contributed by atoms with Crippen molar-refractivity contribution in [2.24, 2.45) is 0 Å². The van der Waals surface area contributed by atoms with Crippen molar-refractivity contribution in [3.05, 3.63) is 0 Å². The lowest BCUT2D eigenvalue weighted by Gasteiger charge is -2.44. The van der Waals surface area contributed by atoms with Crippen LogP contribution in [0.25, 0.3) is 0 Å². The fraction of sp³-hybridized carbons (Fsp3) is 0.706. The lowest BCUT2D eigenvalue weighted by molar-refractivity contribution is -0.213. The second-order valence-corrected chi connectivity index (χ2v) is 16.3. The molecule has 0 aromatic rings. The Labute approximate surface area is 326 Å². The van der Waals surface area contributed by atoms with Crippen LogP contribution in [-0.4, -0.2) is 108 Å². The van der Waals surface area contributed by atoms with E-state index in [1.807, 2.05) is 11.8 Å². The van der Waals surface area contributed by atoms with Gasteiger partial charge in [0.25, 0.3) is 0 Å². The van der Waals surface area contributed by atoms with Gasteiger partial charge in [-0.3, -0.25) is 22.9 Å². The van der Waals surface area contributed by atoms with Crippen LogP contribution in [0.4, 0.5) is 0 Å². The Morgan fingerprint density at radius 3 is 1.61 bits per heavy atom. The minimum atomic E-state index is -5.62. The molecular formula is C34H51O19P3. The maximum absolute atomic E-state index is 12.9. The molecule has 1 rings (SSSR count). The smallest absolute Gasteiger partial charge is 0.456 e. The number of rotatable bonds is 26. The summed E-state index contributed by atoms with van der Waals surface area (Å²) in [5.74, 6) is 13.2. The largest absolute Gasteiger partial charge is 0.472 e. The average molecular weight is 857 g/mol. The van der Waals surface area contributed by atoms with E-state index in [2.05, 4.69) is 45.6 Å². The molecule has 0 saturated heterocycles. The first-order valence-corrected chi connectivity index (χ1v) is 22.4. The number of carbonyl (C=O) groups excluding carboxylic acids is 2. The molecule has 56 heavy (non-hydrogen) atoms. The molecule has 4 unspecified atom stereocenters. The van der Waals surface area contributed by atoms with Crippen molar-refractivity contribution in [1.82, 2.24) is 0 Å². The van der Waals surface area contributed by atoms with Gasteiger partial charge in [0.05, 0.1) is 6.61 Å². The summed E-state index contributed by atoms with van der Waals surface area (Å²) in [5.41, 5.74) is 0. The highest BCUT2D eigenvalue weighted by molar-refractivity contribution is 7.47. The van der Waals surface area contributed by atoms with Gasteiger partial charge in [0.1, 0.15) is 43.2 Å². The molecule has 0 aromatic heterocycles. The van der Waals surface area contributed by atoms with Crippen molar-refractivity contribution < 1.29 is 90.6 Å². The van der Waals surface area contributed by atoms with Crippen LogP contribution in [0.15, 0.2) is 0 Å². The summed E-state index contributed by atoms with van der Waals surface area (Å²) in [7, 11) is -16.7. The highest BCUT2D eigenvalue weighted by Gasteiger charge is 2.56. The summed E-state index contributed by atoms with van der Waals surface area (Å²) in [6.45, 7) is 0.396. The molecule has 0 aliphatic heterocycles. The Morgan fingerprint density at radius 2 is 1.09 bits per heavy atom. The van der Waals surface area contributed by atoms with Crippen LogP contribution in [-0.2, 0) is 50.9 Å². The number of aliphatic hydroxyl groups excluding tert-OH is 3. The number of ether oxygens (including phenoxy) is 2. The average Bonchev–Trinajstić information content (AvgIpc) is 3.11. The zero-order valence-corrected chi connectivity index (χ0v) is 33.5. The number of unbranched alkanes of at least 4 members (excludes halogenated alkanes) is 12. The van der Waals surface area contributed by atoms with Crippen molar-refractivity contribution >= 4 is 35.4 Å². The number of aliphatic hydroxyl groups is 3. The van der Waals surface area contributed by atoms with Crippen LogP contribution in [0, 0.1) is 47.9 Å². The van der Waals surface area contributed by atoms with E-state index in [1.165, 1.54) is 44.9 Å². The molecule has 1 fully saturated rings. The van der Waals surface area contributed by atoms with Gasteiger partial charge >= 0.3 is 35.4 Å². The van der Waals surface area contributed by atoms with E-state index >= 15 is 0 Å². The van der Waals surface area contributed by atoms with Gasteiger partial charge in [0, 0.05) is 12.3 Å². The summed E-state index contributed by atoms with van der Waals surface area (Å²) in [6.07, 6.45) is 2.10. The van der Waals surface area contributed by atoms with Crippen LogP contribution in [0.5, 0.6) is 0 Å². The van der Waals surface area contributed by atoms with Crippen molar-refractivity contribution in [3.63, 3.8) is 0 Å². The second-order valence-electron chi connectivity index (χ2n) is 12.5. The summed E-state index contributed by atoms with van der Waals surface area (Å²) in [5, 5.41) is 31.5. The molecule has 1 saturated carbocycles. The molecule has 0 spiro atoms. The quantitative estimate of drug-likeness (QED) is 0.0203. The Kier molecular flexibility index (Phi) is 24.9. The molecule has 1 aliphatic carbocycles. The van der Waals surface area contributed by atoms with Crippen LogP contribution >= 0.6 is 23.5 Å². The van der Waals surface area contributed by atoms with Gasteiger partial charge in [-0.05, 0) is 41.9 Å². The number of hydrogen-bond acceptors (Lipinski definition) is 14. The summed E-state index contributed by atoms with van der Waals surface area (Å²) in [6, 6.07) is 0. The first-order chi connectivity index (χ1) is 26.3. The van der Waals surface area contributed by atoms with Gasteiger partial charge < -0.3 is 49.3 Å². The molecule has 1 aliphatic rings. The molecule has 0 amide bonds. The first kappa shape index (κ1) is 51.4. The van der Waals surface area contributed by atoms with Crippen molar-refractivity contribution in [2.45, 2.75) is 140 Å². The van der Waals surface area contributed by atoms with Crippen LogP contribution < -0.4 is 0 Å². The molecule has 19 nitrogen and oxygen atoms in total. The maximum atomic E-state index is 12.9. The Hall–Kier alpha value is -2.61.